The van der Waals surface area contributed by atoms with Crippen LogP contribution in [0.15, 0.2) is 24.3 Å². The van der Waals surface area contributed by atoms with E-state index in [1.54, 1.807) is 0 Å². The molecule has 0 atom stereocenters. The Balaban J connectivity index is 1.86. The highest BCUT2D eigenvalue weighted by Gasteiger charge is 2.54. The fraction of sp³-hybridized carbons (Fsp3) is 0.625. The fourth-order valence-corrected chi connectivity index (χ4v) is 2.53. The van der Waals surface area contributed by atoms with E-state index in [1.165, 1.54) is 0 Å². The summed E-state index contributed by atoms with van der Waals surface area (Å²) in [5, 5.41) is 9.64. The van der Waals surface area contributed by atoms with Crippen LogP contribution in [0.4, 0.5) is 13.2 Å². The van der Waals surface area contributed by atoms with Gasteiger partial charge < -0.3 is 9.84 Å². The van der Waals surface area contributed by atoms with Gasteiger partial charge in [0.1, 0.15) is 5.75 Å². The molecule has 1 saturated heterocycles. The first-order valence-electron chi connectivity index (χ1n) is 7.57. The van der Waals surface area contributed by atoms with E-state index in [-0.39, 0.29) is 25.9 Å². The van der Waals surface area contributed by atoms with Crippen LogP contribution in [0, 0.1) is 0 Å². The Hall–Kier alpha value is -1.27. The lowest BCUT2D eigenvalue weighted by Gasteiger charge is -2.39. The summed E-state index contributed by atoms with van der Waals surface area (Å²) < 4.78 is 43.7. The van der Waals surface area contributed by atoms with E-state index in [4.69, 9.17) is 4.74 Å². The molecule has 124 valence electrons. The molecule has 1 aliphatic rings. The Labute approximate surface area is 128 Å². The number of hydrogen-bond donors (Lipinski definition) is 1. The van der Waals surface area contributed by atoms with Crippen molar-refractivity contribution < 1.29 is 23.0 Å². The van der Waals surface area contributed by atoms with Gasteiger partial charge in [0.2, 0.25) is 0 Å². The van der Waals surface area contributed by atoms with Gasteiger partial charge in [0.15, 0.2) is 5.60 Å². The van der Waals surface area contributed by atoms with E-state index >= 15 is 0 Å². The van der Waals surface area contributed by atoms with Crippen molar-refractivity contribution in [3.63, 3.8) is 0 Å². The van der Waals surface area contributed by atoms with Crippen molar-refractivity contribution in [1.29, 1.82) is 0 Å². The summed E-state index contributed by atoms with van der Waals surface area (Å²) in [7, 11) is 0. The number of likely N-dealkylation sites (tertiary alicyclic amines) is 1. The van der Waals surface area contributed by atoms with Gasteiger partial charge in [0, 0.05) is 19.6 Å². The molecule has 22 heavy (non-hydrogen) atoms. The maximum Gasteiger partial charge on any atom is 0.417 e. The molecule has 1 aliphatic heterocycles. The summed E-state index contributed by atoms with van der Waals surface area (Å²) in [4.78, 5) is 1.93. The van der Waals surface area contributed by atoms with E-state index in [2.05, 4.69) is 0 Å². The Bertz CT molecular complexity index is 465. The topological polar surface area (TPSA) is 32.7 Å². The molecule has 0 bridgehead atoms. The first-order valence-corrected chi connectivity index (χ1v) is 7.57. The zero-order valence-corrected chi connectivity index (χ0v) is 12.7. The quantitative estimate of drug-likeness (QED) is 0.904. The van der Waals surface area contributed by atoms with Crippen molar-refractivity contribution in [2.24, 2.45) is 0 Å². The number of nitrogens with zero attached hydrogens (tertiary/aromatic N) is 1. The second kappa shape index (κ2) is 6.87. The summed E-state index contributed by atoms with van der Waals surface area (Å²) in [5.41, 5.74) is -1.50. The van der Waals surface area contributed by atoms with Crippen molar-refractivity contribution in [2.45, 2.75) is 44.5 Å². The van der Waals surface area contributed by atoms with Crippen molar-refractivity contribution in [2.75, 3.05) is 19.7 Å². The smallest absolute Gasteiger partial charge is 0.417 e. The molecule has 1 fully saturated rings. The average Bonchev–Trinajstić information content (AvgIpc) is 2.48. The van der Waals surface area contributed by atoms with Gasteiger partial charge in [-0.05, 0) is 37.0 Å². The highest BCUT2D eigenvalue weighted by molar-refractivity contribution is 5.27. The molecule has 6 heteroatoms. The van der Waals surface area contributed by atoms with Gasteiger partial charge in [-0.2, -0.15) is 13.2 Å². The number of piperidine rings is 1. The fourth-order valence-electron chi connectivity index (χ4n) is 2.53. The molecule has 0 radical (unpaired) electrons. The molecule has 0 amide bonds. The number of hydrogen-bond acceptors (Lipinski definition) is 3. The molecule has 1 aromatic carbocycles. The Morgan fingerprint density at radius 3 is 2.27 bits per heavy atom. The van der Waals surface area contributed by atoms with Crippen LogP contribution in [-0.2, 0) is 6.54 Å². The van der Waals surface area contributed by atoms with E-state index in [0.29, 0.717) is 13.2 Å². The average molecular weight is 317 g/mol. The van der Waals surface area contributed by atoms with Gasteiger partial charge in [-0.25, -0.2) is 0 Å². The third-order valence-corrected chi connectivity index (χ3v) is 4.01. The Kier molecular flexibility index (Phi) is 5.34. The normalized spacial score (nSPS) is 19.1. The lowest BCUT2D eigenvalue weighted by Crippen LogP contribution is -2.53. The Morgan fingerprint density at radius 1 is 1.18 bits per heavy atom. The molecule has 0 aliphatic carbocycles. The van der Waals surface area contributed by atoms with E-state index in [1.807, 2.05) is 36.1 Å². The minimum Gasteiger partial charge on any atom is -0.494 e. The summed E-state index contributed by atoms with van der Waals surface area (Å²) in [6, 6.07) is 7.60. The molecule has 1 heterocycles. The predicted octanol–water partition coefficient (Wildman–Crippen LogP) is 3.36. The van der Waals surface area contributed by atoms with Gasteiger partial charge >= 0.3 is 6.18 Å². The minimum atomic E-state index is -4.54. The highest BCUT2D eigenvalue weighted by atomic mass is 19.4. The highest BCUT2D eigenvalue weighted by Crippen LogP contribution is 2.38. The monoisotopic (exact) mass is 317 g/mol. The molecule has 1 N–H and O–H groups in total. The number of aliphatic hydroxyl groups is 1. The van der Waals surface area contributed by atoms with Crippen molar-refractivity contribution >= 4 is 0 Å². The van der Waals surface area contributed by atoms with Gasteiger partial charge in [-0.15, -0.1) is 0 Å². The van der Waals surface area contributed by atoms with Crippen LogP contribution in [-0.4, -0.2) is 41.5 Å². The molecule has 3 nitrogen and oxygen atoms in total. The molecule has 0 unspecified atom stereocenters. The Morgan fingerprint density at radius 2 is 1.77 bits per heavy atom. The molecular weight excluding hydrogens is 295 g/mol. The summed E-state index contributed by atoms with van der Waals surface area (Å²) in [5.74, 6) is 0.802. The minimum absolute atomic E-state index is 0.240. The van der Waals surface area contributed by atoms with Crippen molar-refractivity contribution in [3.05, 3.63) is 29.8 Å². The third kappa shape index (κ3) is 4.14. The number of halogens is 3. The second-order valence-corrected chi connectivity index (χ2v) is 5.80. The molecular formula is C16H22F3NO2. The zero-order chi connectivity index (χ0) is 16.2. The summed E-state index contributed by atoms with van der Waals surface area (Å²) in [6.45, 7) is 3.77. The largest absolute Gasteiger partial charge is 0.494 e. The van der Waals surface area contributed by atoms with Gasteiger partial charge in [-0.1, -0.05) is 19.1 Å². The third-order valence-electron chi connectivity index (χ3n) is 4.01. The first-order chi connectivity index (χ1) is 10.3. The molecule has 0 saturated carbocycles. The first kappa shape index (κ1) is 17.1. The van der Waals surface area contributed by atoms with Gasteiger partial charge in [0.05, 0.1) is 6.61 Å². The molecule has 0 spiro atoms. The number of rotatable bonds is 5. The van der Waals surface area contributed by atoms with Crippen LogP contribution >= 0.6 is 0 Å². The lowest BCUT2D eigenvalue weighted by molar-refractivity contribution is -0.272. The van der Waals surface area contributed by atoms with E-state index in [0.717, 1.165) is 17.7 Å². The van der Waals surface area contributed by atoms with Crippen LogP contribution in [0.5, 0.6) is 5.75 Å². The zero-order valence-electron chi connectivity index (χ0n) is 12.7. The van der Waals surface area contributed by atoms with E-state index in [9.17, 15) is 18.3 Å². The molecule has 2 rings (SSSR count). The van der Waals surface area contributed by atoms with Crippen LogP contribution in [0.1, 0.15) is 31.7 Å². The number of benzene rings is 1. The van der Waals surface area contributed by atoms with Gasteiger partial charge in [-0.3, -0.25) is 4.90 Å². The van der Waals surface area contributed by atoms with Crippen LogP contribution in [0.3, 0.4) is 0 Å². The number of ether oxygens (including phenoxy) is 1. The van der Waals surface area contributed by atoms with E-state index < -0.39 is 11.8 Å². The second-order valence-electron chi connectivity index (χ2n) is 5.80. The molecule has 0 aromatic heterocycles. The van der Waals surface area contributed by atoms with Crippen molar-refractivity contribution in [1.82, 2.24) is 4.90 Å². The SMILES string of the molecule is CCCOc1ccc(CN2CCC(O)(C(F)(F)F)CC2)cc1. The van der Waals surface area contributed by atoms with Crippen LogP contribution < -0.4 is 4.74 Å². The maximum atomic E-state index is 12.7. The maximum absolute atomic E-state index is 12.7. The summed E-state index contributed by atoms with van der Waals surface area (Å²) >= 11 is 0. The van der Waals surface area contributed by atoms with Crippen molar-refractivity contribution in [3.8, 4) is 5.75 Å². The van der Waals surface area contributed by atoms with Crippen LogP contribution in [0.2, 0.25) is 0 Å². The predicted molar refractivity (Wildman–Crippen MR) is 77.7 cm³/mol. The number of alkyl halides is 3. The molecule has 1 aromatic rings. The summed E-state index contributed by atoms with van der Waals surface area (Å²) in [6.07, 6.45) is -4.14. The standard InChI is InChI=1S/C16H22F3NO2/c1-2-11-22-14-5-3-13(4-6-14)12-20-9-7-15(21,8-10-20)16(17,18)19/h3-6,21H,2,7-12H2,1H3. The lowest BCUT2D eigenvalue weighted by atomic mass is 9.90. The van der Waals surface area contributed by atoms with Gasteiger partial charge in [0.25, 0.3) is 0 Å². The van der Waals surface area contributed by atoms with Crippen LogP contribution in [0.25, 0.3) is 0 Å².